The number of aromatic nitrogens is 1. The van der Waals surface area contributed by atoms with E-state index < -0.39 is 0 Å². The Labute approximate surface area is 133 Å². The molecule has 0 spiro atoms. The normalized spacial score (nSPS) is 17.2. The molecule has 0 saturated carbocycles. The number of amides is 1. The van der Waals surface area contributed by atoms with Gasteiger partial charge in [0.1, 0.15) is 5.69 Å². The van der Waals surface area contributed by atoms with E-state index in [0.717, 1.165) is 23.1 Å². The third-order valence-corrected chi connectivity index (χ3v) is 5.16. The van der Waals surface area contributed by atoms with Crippen LogP contribution in [0.25, 0.3) is 10.9 Å². The van der Waals surface area contributed by atoms with Gasteiger partial charge in [0.15, 0.2) is 0 Å². The van der Waals surface area contributed by atoms with Crippen LogP contribution < -0.4 is 5.32 Å². The predicted molar refractivity (Wildman–Crippen MR) is 90.3 cm³/mol. The minimum Gasteiger partial charge on any atom is -0.351 e. The highest BCUT2D eigenvalue weighted by molar-refractivity contribution is 7.99. The van der Waals surface area contributed by atoms with Crippen molar-refractivity contribution < 1.29 is 4.79 Å². The summed E-state index contributed by atoms with van der Waals surface area (Å²) in [4.78, 5) is 17.0. The van der Waals surface area contributed by atoms with E-state index in [1.54, 1.807) is 0 Å². The Morgan fingerprint density at radius 2 is 1.95 bits per heavy atom. The quantitative estimate of drug-likeness (QED) is 0.747. The lowest BCUT2D eigenvalue weighted by Crippen LogP contribution is -2.30. The summed E-state index contributed by atoms with van der Waals surface area (Å²) >= 11 is 1.86. The first-order valence-corrected chi connectivity index (χ1v) is 8.40. The van der Waals surface area contributed by atoms with Crippen molar-refractivity contribution in [3.05, 3.63) is 65.9 Å². The summed E-state index contributed by atoms with van der Waals surface area (Å²) in [6, 6.07) is 18.3. The van der Waals surface area contributed by atoms with Gasteiger partial charge in [-0.15, -0.1) is 11.8 Å². The van der Waals surface area contributed by atoms with Crippen molar-refractivity contribution >= 4 is 28.6 Å². The van der Waals surface area contributed by atoms with Crippen LogP contribution in [0, 0.1) is 0 Å². The Morgan fingerprint density at radius 1 is 1.14 bits per heavy atom. The lowest BCUT2D eigenvalue weighted by atomic mass is 10.0. The molecule has 3 aromatic rings. The summed E-state index contributed by atoms with van der Waals surface area (Å²) in [6.07, 6.45) is 0.966. The van der Waals surface area contributed by atoms with Gasteiger partial charge in [-0.25, -0.2) is 0 Å². The molecule has 4 rings (SSSR count). The van der Waals surface area contributed by atoms with Gasteiger partial charge in [0, 0.05) is 21.6 Å². The first kappa shape index (κ1) is 13.5. The molecule has 0 unspecified atom stereocenters. The van der Waals surface area contributed by atoms with Crippen LogP contribution in [-0.4, -0.2) is 16.6 Å². The molecule has 1 aromatic heterocycles. The SMILES string of the molecule is O=C(N[C@H]1CCSc2ccccc21)c1cc2ccccc2[nH]1. The average Bonchev–Trinajstić information content (AvgIpc) is 2.99. The molecule has 3 nitrogen and oxygen atoms in total. The smallest absolute Gasteiger partial charge is 0.268 e. The van der Waals surface area contributed by atoms with E-state index in [1.165, 1.54) is 10.5 Å². The highest BCUT2D eigenvalue weighted by Crippen LogP contribution is 2.35. The Balaban J connectivity index is 1.60. The maximum absolute atomic E-state index is 12.5. The molecule has 1 aliphatic heterocycles. The fourth-order valence-corrected chi connectivity index (χ4v) is 4.05. The monoisotopic (exact) mass is 308 g/mol. The third kappa shape index (κ3) is 2.40. The number of benzene rings is 2. The molecule has 0 fully saturated rings. The van der Waals surface area contributed by atoms with Crippen molar-refractivity contribution in [3.63, 3.8) is 0 Å². The van der Waals surface area contributed by atoms with Crippen molar-refractivity contribution in [2.75, 3.05) is 5.75 Å². The number of H-pyrrole nitrogens is 1. The minimum absolute atomic E-state index is 0.0390. The molecule has 4 heteroatoms. The summed E-state index contributed by atoms with van der Waals surface area (Å²) in [7, 11) is 0. The molecular weight excluding hydrogens is 292 g/mol. The number of hydrogen-bond donors (Lipinski definition) is 2. The molecule has 2 aromatic carbocycles. The molecule has 110 valence electrons. The van der Waals surface area contributed by atoms with Crippen LogP contribution >= 0.6 is 11.8 Å². The van der Waals surface area contributed by atoms with E-state index in [4.69, 9.17) is 0 Å². The number of thioether (sulfide) groups is 1. The van der Waals surface area contributed by atoms with E-state index in [0.29, 0.717) is 5.69 Å². The Morgan fingerprint density at radius 3 is 2.86 bits per heavy atom. The van der Waals surface area contributed by atoms with Crippen molar-refractivity contribution in [2.45, 2.75) is 17.4 Å². The van der Waals surface area contributed by atoms with Crippen LogP contribution in [0.5, 0.6) is 0 Å². The van der Waals surface area contributed by atoms with Crippen LogP contribution in [0.15, 0.2) is 59.5 Å². The van der Waals surface area contributed by atoms with Crippen molar-refractivity contribution in [3.8, 4) is 0 Å². The van der Waals surface area contributed by atoms with Crippen LogP contribution in [0.4, 0.5) is 0 Å². The van der Waals surface area contributed by atoms with E-state index in [2.05, 4.69) is 22.4 Å². The number of aromatic amines is 1. The van der Waals surface area contributed by atoms with Gasteiger partial charge in [0.25, 0.3) is 5.91 Å². The number of nitrogens with one attached hydrogen (secondary N) is 2. The Hall–Kier alpha value is -2.20. The van der Waals surface area contributed by atoms with Gasteiger partial charge in [0.05, 0.1) is 6.04 Å². The largest absolute Gasteiger partial charge is 0.351 e. The Kier molecular flexibility index (Phi) is 3.39. The molecular formula is C18H16N2OS. The summed E-state index contributed by atoms with van der Waals surface area (Å²) < 4.78 is 0. The molecule has 1 amide bonds. The highest BCUT2D eigenvalue weighted by atomic mass is 32.2. The van der Waals surface area contributed by atoms with Gasteiger partial charge < -0.3 is 10.3 Å². The number of carbonyl (C=O) groups is 1. The van der Waals surface area contributed by atoms with Crippen LogP contribution in [0.3, 0.4) is 0 Å². The number of fused-ring (bicyclic) bond motifs is 2. The molecule has 0 radical (unpaired) electrons. The van der Waals surface area contributed by atoms with Crippen LogP contribution in [-0.2, 0) is 0 Å². The summed E-state index contributed by atoms with van der Waals surface area (Å²) in [5.41, 5.74) is 2.84. The van der Waals surface area contributed by atoms with Gasteiger partial charge >= 0.3 is 0 Å². The van der Waals surface area contributed by atoms with Crippen molar-refractivity contribution in [2.24, 2.45) is 0 Å². The van der Waals surface area contributed by atoms with E-state index in [-0.39, 0.29) is 11.9 Å². The fourth-order valence-electron chi connectivity index (χ4n) is 2.92. The van der Waals surface area contributed by atoms with Gasteiger partial charge in [-0.1, -0.05) is 36.4 Å². The molecule has 0 bridgehead atoms. The van der Waals surface area contributed by atoms with E-state index in [9.17, 15) is 4.79 Å². The number of hydrogen-bond acceptors (Lipinski definition) is 2. The summed E-state index contributed by atoms with van der Waals surface area (Å²) in [5.74, 6) is 0.997. The van der Waals surface area contributed by atoms with Crippen LogP contribution in [0.1, 0.15) is 28.5 Å². The number of rotatable bonds is 2. The molecule has 2 heterocycles. The minimum atomic E-state index is -0.0390. The van der Waals surface area contributed by atoms with Crippen LogP contribution in [0.2, 0.25) is 0 Å². The third-order valence-electron chi connectivity index (χ3n) is 4.04. The standard InChI is InChI=1S/C18H16N2OS/c21-18(16-11-12-5-1-3-7-14(12)19-16)20-15-9-10-22-17-8-4-2-6-13(15)17/h1-8,11,15,19H,9-10H2,(H,20,21)/t15-/m0/s1. The zero-order chi connectivity index (χ0) is 14.9. The maximum atomic E-state index is 12.5. The summed E-state index contributed by atoms with van der Waals surface area (Å²) in [6.45, 7) is 0. The van der Waals surface area contributed by atoms with Gasteiger partial charge in [-0.2, -0.15) is 0 Å². The number of carbonyl (C=O) groups excluding carboxylic acids is 1. The van der Waals surface area contributed by atoms with Gasteiger partial charge in [-0.3, -0.25) is 4.79 Å². The van der Waals surface area contributed by atoms with Gasteiger partial charge in [0.2, 0.25) is 0 Å². The highest BCUT2D eigenvalue weighted by Gasteiger charge is 2.22. The molecule has 2 N–H and O–H groups in total. The van der Waals surface area contributed by atoms with Crippen molar-refractivity contribution in [1.29, 1.82) is 0 Å². The van der Waals surface area contributed by atoms with E-state index in [1.807, 2.05) is 54.2 Å². The molecule has 22 heavy (non-hydrogen) atoms. The predicted octanol–water partition coefficient (Wildman–Crippen LogP) is 4.13. The molecule has 1 aliphatic rings. The topological polar surface area (TPSA) is 44.9 Å². The van der Waals surface area contributed by atoms with Crippen molar-refractivity contribution in [1.82, 2.24) is 10.3 Å². The Bertz CT molecular complexity index is 807. The second-order valence-electron chi connectivity index (χ2n) is 5.47. The second-order valence-corrected chi connectivity index (χ2v) is 6.61. The average molecular weight is 308 g/mol. The number of para-hydroxylation sites is 1. The first-order chi connectivity index (χ1) is 10.8. The fraction of sp³-hybridized carbons (Fsp3) is 0.167. The summed E-state index contributed by atoms with van der Waals surface area (Å²) in [5, 5.41) is 4.23. The van der Waals surface area contributed by atoms with E-state index >= 15 is 0 Å². The lowest BCUT2D eigenvalue weighted by molar-refractivity contribution is 0.0931. The van der Waals surface area contributed by atoms with Gasteiger partial charge in [-0.05, 0) is 30.2 Å². The second kappa shape index (κ2) is 5.54. The maximum Gasteiger partial charge on any atom is 0.268 e. The molecule has 0 saturated heterocycles. The molecule has 1 atom stereocenters. The molecule has 0 aliphatic carbocycles. The lowest BCUT2D eigenvalue weighted by Gasteiger charge is -2.25. The first-order valence-electron chi connectivity index (χ1n) is 7.41. The zero-order valence-corrected chi connectivity index (χ0v) is 12.8. The zero-order valence-electron chi connectivity index (χ0n) is 12.0.